The number of para-hydroxylation sites is 1. The summed E-state index contributed by atoms with van der Waals surface area (Å²) in [4.78, 5) is 23.1. The van der Waals surface area contributed by atoms with Gasteiger partial charge in [0.2, 0.25) is 0 Å². The lowest BCUT2D eigenvalue weighted by Gasteiger charge is -2.15. The van der Waals surface area contributed by atoms with Crippen molar-refractivity contribution in [1.29, 1.82) is 0 Å². The minimum Gasteiger partial charge on any atom is -0.490 e. The minimum absolute atomic E-state index is 0.146. The monoisotopic (exact) mass is 341 g/mol. The topological polar surface area (TPSA) is 64.6 Å². The van der Waals surface area contributed by atoms with Gasteiger partial charge >= 0.3 is 0 Å². The van der Waals surface area contributed by atoms with Crippen molar-refractivity contribution in [3.8, 4) is 11.5 Å². The van der Waals surface area contributed by atoms with Crippen molar-refractivity contribution >= 4 is 17.9 Å². The lowest BCUT2D eigenvalue weighted by atomic mass is 10.0. The molecule has 0 radical (unpaired) electrons. The van der Waals surface area contributed by atoms with Gasteiger partial charge in [0, 0.05) is 11.3 Å². The highest BCUT2D eigenvalue weighted by Gasteiger charge is 2.12. The number of amides is 1. The van der Waals surface area contributed by atoms with Crippen LogP contribution in [0.1, 0.15) is 42.6 Å². The summed E-state index contributed by atoms with van der Waals surface area (Å²) in [6.45, 7) is 6.28. The van der Waals surface area contributed by atoms with Gasteiger partial charge in [0.25, 0.3) is 5.91 Å². The van der Waals surface area contributed by atoms with E-state index in [0.717, 1.165) is 17.5 Å². The molecule has 0 aliphatic heterocycles. The summed E-state index contributed by atoms with van der Waals surface area (Å²) in [7, 11) is 0. The van der Waals surface area contributed by atoms with Gasteiger partial charge in [0.05, 0.1) is 6.61 Å². The lowest BCUT2D eigenvalue weighted by Crippen LogP contribution is -2.21. The normalized spacial score (nSPS) is 10.4. The molecule has 0 fully saturated rings. The number of ether oxygens (including phenoxy) is 2. The predicted octanol–water partition coefficient (Wildman–Crippen LogP) is 4.04. The molecule has 25 heavy (non-hydrogen) atoms. The second-order valence-electron chi connectivity index (χ2n) is 5.84. The summed E-state index contributed by atoms with van der Waals surface area (Å²) in [5.41, 5.74) is 2.35. The molecule has 0 spiro atoms. The van der Waals surface area contributed by atoms with E-state index in [2.05, 4.69) is 19.2 Å². The molecular formula is C20H23NO4. The molecule has 2 aromatic rings. The number of rotatable bonds is 8. The Balaban J connectivity index is 2.04. The molecule has 0 bridgehead atoms. The first-order valence-electron chi connectivity index (χ1n) is 8.28. The molecule has 0 unspecified atom stereocenters. The molecule has 1 N–H and O–H groups in total. The standard InChI is InChI=1S/C20H23NO4/c1-4-24-19-11-15(12-22)9-10-18(19)25-13-20(23)21-17-8-6-5-7-16(17)14(2)3/h5-12,14H,4,13H2,1-3H3,(H,21,23). The smallest absolute Gasteiger partial charge is 0.262 e. The molecule has 5 nitrogen and oxygen atoms in total. The number of carbonyl (C=O) groups excluding carboxylic acids is 2. The van der Waals surface area contributed by atoms with Crippen molar-refractivity contribution in [1.82, 2.24) is 0 Å². The van der Waals surface area contributed by atoms with Gasteiger partial charge in [0.15, 0.2) is 18.1 Å². The second kappa shape index (κ2) is 8.87. The summed E-state index contributed by atoms with van der Waals surface area (Å²) >= 11 is 0. The quantitative estimate of drug-likeness (QED) is 0.736. The SMILES string of the molecule is CCOc1cc(C=O)ccc1OCC(=O)Nc1ccccc1C(C)C. The van der Waals surface area contributed by atoms with E-state index in [-0.39, 0.29) is 12.5 Å². The van der Waals surface area contributed by atoms with Gasteiger partial charge in [-0.1, -0.05) is 32.0 Å². The maximum Gasteiger partial charge on any atom is 0.262 e. The maximum atomic E-state index is 12.2. The van der Waals surface area contributed by atoms with Crippen LogP contribution in [-0.4, -0.2) is 25.4 Å². The number of nitrogens with one attached hydrogen (secondary N) is 1. The van der Waals surface area contributed by atoms with Crippen LogP contribution in [0, 0.1) is 0 Å². The number of hydrogen-bond acceptors (Lipinski definition) is 4. The highest BCUT2D eigenvalue weighted by atomic mass is 16.5. The average molecular weight is 341 g/mol. The molecule has 0 saturated heterocycles. The van der Waals surface area contributed by atoms with E-state index < -0.39 is 0 Å². The molecule has 132 valence electrons. The van der Waals surface area contributed by atoms with E-state index in [4.69, 9.17) is 9.47 Å². The fraction of sp³-hybridized carbons (Fsp3) is 0.300. The Bertz CT molecular complexity index is 740. The Morgan fingerprint density at radius 2 is 1.88 bits per heavy atom. The Labute approximate surface area is 148 Å². The van der Waals surface area contributed by atoms with Crippen molar-refractivity contribution in [2.45, 2.75) is 26.7 Å². The number of hydrogen-bond donors (Lipinski definition) is 1. The van der Waals surface area contributed by atoms with Crippen molar-refractivity contribution in [3.63, 3.8) is 0 Å². The lowest BCUT2D eigenvalue weighted by molar-refractivity contribution is -0.118. The Kier molecular flexibility index (Phi) is 6.57. The van der Waals surface area contributed by atoms with E-state index in [0.29, 0.717) is 29.6 Å². The fourth-order valence-electron chi connectivity index (χ4n) is 2.43. The number of aldehydes is 1. The number of benzene rings is 2. The van der Waals surface area contributed by atoms with Gasteiger partial charge in [-0.25, -0.2) is 0 Å². The summed E-state index contributed by atoms with van der Waals surface area (Å²) < 4.78 is 11.0. The van der Waals surface area contributed by atoms with Crippen LogP contribution in [0.2, 0.25) is 0 Å². The molecular weight excluding hydrogens is 318 g/mol. The van der Waals surface area contributed by atoms with Crippen molar-refractivity contribution in [3.05, 3.63) is 53.6 Å². The van der Waals surface area contributed by atoms with Crippen molar-refractivity contribution < 1.29 is 19.1 Å². The first-order valence-corrected chi connectivity index (χ1v) is 8.28. The number of anilines is 1. The zero-order chi connectivity index (χ0) is 18.2. The zero-order valence-electron chi connectivity index (χ0n) is 14.7. The van der Waals surface area contributed by atoms with E-state index in [1.807, 2.05) is 31.2 Å². The van der Waals surface area contributed by atoms with Crippen LogP contribution in [-0.2, 0) is 4.79 Å². The van der Waals surface area contributed by atoms with Gasteiger partial charge < -0.3 is 14.8 Å². The van der Waals surface area contributed by atoms with Crippen LogP contribution < -0.4 is 14.8 Å². The molecule has 0 atom stereocenters. The molecule has 0 aliphatic rings. The molecule has 5 heteroatoms. The van der Waals surface area contributed by atoms with Gasteiger partial charge in [0.1, 0.15) is 6.29 Å². The third-order valence-electron chi connectivity index (χ3n) is 3.62. The van der Waals surface area contributed by atoms with Gasteiger partial charge in [-0.3, -0.25) is 9.59 Å². The molecule has 2 rings (SSSR count). The second-order valence-corrected chi connectivity index (χ2v) is 5.84. The number of carbonyl (C=O) groups is 2. The van der Waals surface area contributed by atoms with Gasteiger partial charge in [-0.05, 0) is 42.7 Å². The Morgan fingerprint density at radius 3 is 2.56 bits per heavy atom. The Morgan fingerprint density at radius 1 is 1.12 bits per heavy atom. The van der Waals surface area contributed by atoms with Gasteiger partial charge in [-0.15, -0.1) is 0 Å². The first-order chi connectivity index (χ1) is 12.0. The largest absolute Gasteiger partial charge is 0.490 e. The molecule has 0 aliphatic carbocycles. The van der Waals surface area contributed by atoms with E-state index in [9.17, 15) is 9.59 Å². The predicted molar refractivity (Wildman–Crippen MR) is 97.7 cm³/mol. The molecule has 0 aromatic heterocycles. The van der Waals surface area contributed by atoms with Crippen LogP contribution >= 0.6 is 0 Å². The maximum absolute atomic E-state index is 12.2. The van der Waals surface area contributed by atoms with E-state index in [1.54, 1.807) is 18.2 Å². The van der Waals surface area contributed by atoms with Crippen LogP contribution in [0.15, 0.2) is 42.5 Å². The van der Waals surface area contributed by atoms with Crippen LogP contribution in [0.5, 0.6) is 11.5 Å². The summed E-state index contributed by atoms with van der Waals surface area (Å²) in [5, 5.41) is 2.88. The molecule has 0 saturated carbocycles. The Hall–Kier alpha value is -2.82. The third-order valence-corrected chi connectivity index (χ3v) is 3.62. The minimum atomic E-state index is -0.255. The van der Waals surface area contributed by atoms with Crippen LogP contribution in [0.25, 0.3) is 0 Å². The van der Waals surface area contributed by atoms with Crippen LogP contribution in [0.3, 0.4) is 0 Å². The third kappa shape index (κ3) is 5.08. The highest BCUT2D eigenvalue weighted by Crippen LogP contribution is 2.28. The fourth-order valence-corrected chi connectivity index (χ4v) is 2.43. The summed E-state index contributed by atoms with van der Waals surface area (Å²) in [6.07, 6.45) is 0.738. The summed E-state index contributed by atoms with van der Waals surface area (Å²) in [6, 6.07) is 12.5. The van der Waals surface area contributed by atoms with Gasteiger partial charge in [-0.2, -0.15) is 0 Å². The average Bonchev–Trinajstić information content (AvgIpc) is 2.61. The van der Waals surface area contributed by atoms with E-state index >= 15 is 0 Å². The highest BCUT2D eigenvalue weighted by molar-refractivity contribution is 5.92. The van der Waals surface area contributed by atoms with Crippen LogP contribution in [0.4, 0.5) is 5.69 Å². The summed E-state index contributed by atoms with van der Waals surface area (Å²) in [5.74, 6) is 0.926. The van der Waals surface area contributed by atoms with Crippen molar-refractivity contribution in [2.75, 3.05) is 18.5 Å². The zero-order valence-corrected chi connectivity index (χ0v) is 14.7. The molecule has 2 aromatic carbocycles. The van der Waals surface area contributed by atoms with Crippen molar-refractivity contribution in [2.24, 2.45) is 0 Å². The molecule has 0 heterocycles. The molecule has 1 amide bonds. The first kappa shape index (κ1) is 18.5. The van der Waals surface area contributed by atoms with E-state index in [1.165, 1.54) is 0 Å².